The van der Waals surface area contributed by atoms with Crippen molar-refractivity contribution in [2.45, 2.75) is 4.90 Å². The molecule has 9 heteroatoms. The molecule has 1 aromatic carbocycles. The zero-order valence-corrected chi connectivity index (χ0v) is 11.4. The maximum atomic E-state index is 13.2. The van der Waals surface area contributed by atoms with E-state index in [0.717, 1.165) is 18.3 Å². The first kappa shape index (κ1) is 14.7. The zero-order valence-electron chi connectivity index (χ0n) is 10.5. The van der Waals surface area contributed by atoms with Crippen LogP contribution < -0.4 is 16.0 Å². The summed E-state index contributed by atoms with van der Waals surface area (Å²) in [6.45, 7) is 0. The normalized spacial score (nSPS) is 10.7. The van der Waals surface area contributed by atoms with Gasteiger partial charge in [-0.05, 0) is 24.3 Å². The summed E-state index contributed by atoms with van der Waals surface area (Å²) in [4.78, 5) is 3.55. The highest BCUT2D eigenvalue weighted by molar-refractivity contribution is 7.92. The van der Waals surface area contributed by atoms with Crippen molar-refractivity contribution in [3.8, 4) is 6.07 Å². The van der Waals surface area contributed by atoms with Crippen LogP contribution >= 0.6 is 0 Å². The molecule has 108 valence electrons. The van der Waals surface area contributed by atoms with Gasteiger partial charge < -0.3 is 5.43 Å². The van der Waals surface area contributed by atoms with Crippen molar-refractivity contribution in [3.05, 3.63) is 48.0 Å². The van der Waals surface area contributed by atoms with E-state index in [-0.39, 0.29) is 21.8 Å². The second-order valence-corrected chi connectivity index (χ2v) is 5.58. The Labute approximate surface area is 120 Å². The van der Waals surface area contributed by atoms with Gasteiger partial charge >= 0.3 is 0 Å². The molecule has 0 bridgehead atoms. The van der Waals surface area contributed by atoms with Crippen LogP contribution in [0.25, 0.3) is 0 Å². The van der Waals surface area contributed by atoms with Gasteiger partial charge in [0.25, 0.3) is 10.0 Å². The number of hydrazine groups is 1. The molecule has 2 aromatic rings. The number of sulfonamides is 1. The van der Waals surface area contributed by atoms with Crippen LogP contribution in [-0.4, -0.2) is 13.4 Å². The van der Waals surface area contributed by atoms with Gasteiger partial charge in [-0.3, -0.25) is 15.5 Å². The van der Waals surface area contributed by atoms with Crippen LogP contribution in [0.1, 0.15) is 5.56 Å². The number of pyridine rings is 1. The molecule has 1 heterocycles. The van der Waals surface area contributed by atoms with Crippen molar-refractivity contribution in [2.75, 3.05) is 10.1 Å². The number of anilines is 2. The molecule has 0 aliphatic heterocycles. The molecule has 2 rings (SSSR count). The number of nitrogens with zero attached hydrogens (tertiary/aromatic N) is 2. The monoisotopic (exact) mass is 307 g/mol. The highest BCUT2D eigenvalue weighted by Crippen LogP contribution is 2.22. The maximum absolute atomic E-state index is 13.2. The minimum Gasteiger partial charge on any atom is -0.323 e. The molecule has 0 saturated heterocycles. The van der Waals surface area contributed by atoms with E-state index >= 15 is 0 Å². The number of aromatic nitrogens is 1. The summed E-state index contributed by atoms with van der Waals surface area (Å²) in [5, 5.41) is 8.74. The number of rotatable bonds is 4. The fourth-order valence-electron chi connectivity index (χ4n) is 1.60. The van der Waals surface area contributed by atoms with Crippen LogP contribution in [0.5, 0.6) is 0 Å². The standard InChI is InChI=1S/C12H10FN5O2S/c13-10-2-1-9(5-8(10)6-14)18-21(19,20)12-7-16-4-3-11(12)17-15/h1-5,7,18H,15H2,(H,16,17). The maximum Gasteiger partial charge on any atom is 0.265 e. The van der Waals surface area contributed by atoms with Crippen LogP contribution in [0.15, 0.2) is 41.6 Å². The lowest BCUT2D eigenvalue weighted by atomic mass is 10.2. The summed E-state index contributed by atoms with van der Waals surface area (Å²) in [5.41, 5.74) is 2.19. The Bertz CT molecular complexity index is 817. The number of nitrogens with one attached hydrogen (secondary N) is 2. The van der Waals surface area contributed by atoms with Gasteiger partial charge in [-0.2, -0.15) is 5.26 Å². The lowest BCUT2D eigenvalue weighted by Crippen LogP contribution is -2.18. The third kappa shape index (κ3) is 3.07. The second kappa shape index (κ2) is 5.74. The number of hydrogen-bond donors (Lipinski definition) is 3. The van der Waals surface area contributed by atoms with Crippen LogP contribution in [0, 0.1) is 17.1 Å². The Morgan fingerprint density at radius 1 is 1.33 bits per heavy atom. The van der Waals surface area contributed by atoms with Gasteiger partial charge in [0, 0.05) is 12.4 Å². The van der Waals surface area contributed by atoms with Crippen molar-refractivity contribution in [2.24, 2.45) is 5.84 Å². The Morgan fingerprint density at radius 3 is 2.76 bits per heavy atom. The number of halogens is 1. The molecule has 0 radical (unpaired) electrons. The number of nitriles is 1. The van der Waals surface area contributed by atoms with E-state index in [9.17, 15) is 12.8 Å². The van der Waals surface area contributed by atoms with E-state index in [1.54, 1.807) is 6.07 Å². The predicted molar refractivity (Wildman–Crippen MR) is 74.0 cm³/mol. The van der Waals surface area contributed by atoms with Crippen LogP contribution in [-0.2, 0) is 10.0 Å². The third-order valence-electron chi connectivity index (χ3n) is 2.57. The molecule has 0 aliphatic rings. The van der Waals surface area contributed by atoms with Crippen molar-refractivity contribution < 1.29 is 12.8 Å². The average Bonchev–Trinajstić information content (AvgIpc) is 2.49. The van der Waals surface area contributed by atoms with Gasteiger partial charge in [0.15, 0.2) is 0 Å². The summed E-state index contributed by atoms with van der Waals surface area (Å²) in [7, 11) is -3.98. The topological polar surface area (TPSA) is 121 Å². The molecule has 21 heavy (non-hydrogen) atoms. The first-order chi connectivity index (χ1) is 9.97. The molecule has 7 nitrogen and oxygen atoms in total. The number of nitrogens with two attached hydrogens (primary N) is 1. The Balaban J connectivity index is 2.40. The molecule has 0 aliphatic carbocycles. The average molecular weight is 307 g/mol. The number of nitrogen functional groups attached to an aromatic ring is 1. The highest BCUT2D eigenvalue weighted by Gasteiger charge is 2.19. The zero-order chi connectivity index (χ0) is 15.5. The molecule has 0 saturated carbocycles. The molecule has 0 spiro atoms. The van der Waals surface area contributed by atoms with Crippen molar-refractivity contribution in [3.63, 3.8) is 0 Å². The summed E-state index contributed by atoms with van der Waals surface area (Å²) in [5.74, 6) is 4.51. The minimum atomic E-state index is -3.98. The van der Waals surface area contributed by atoms with Gasteiger partial charge in [-0.25, -0.2) is 12.8 Å². The van der Waals surface area contributed by atoms with Crippen molar-refractivity contribution >= 4 is 21.4 Å². The van der Waals surface area contributed by atoms with E-state index < -0.39 is 15.8 Å². The summed E-state index contributed by atoms with van der Waals surface area (Å²) < 4.78 is 39.9. The molecule has 0 atom stereocenters. The fraction of sp³-hybridized carbons (Fsp3) is 0. The van der Waals surface area contributed by atoms with E-state index in [1.807, 2.05) is 0 Å². The Morgan fingerprint density at radius 2 is 2.10 bits per heavy atom. The molecule has 0 unspecified atom stereocenters. The lowest BCUT2D eigenvalue weighted by Gasteiger charge is -2.11. The Hall–Kier alpha value is -2.70. The van der Waals surface area contributed by atoms with Gasteiger partial charge in [-0.15, -0.1) is 0 Å². The summed E-state index contributed by atoms with van der Waals surface area (Å²) >= 11 is 0. The smallest absolute Gasteiger partial charge is 0.265 e. The number of benzene rings is 1. The molecule has 0 amide bonds. The van der Waals surface area contributed by atoms with E-state index in [1.165, 1.54) is 18.3 Å². The fourth-order valence-corrected chi connectivity index (χ4v) is 2.76. The third-order valence-corrected chi connectivity index (χ3v) is 3.98. The van der Waals surface area contributed by atoms with Gasteiger partial charge in [0.05, 0.1) is 16.9 Å². The predicted octanol–water partition coefficient (Wildman–Crippen LogP) is 1.18. The largest absolute Gasteiger partial charge is 0.323 e. The van der Waals surface area contributed by atoms with E-state index in [0.29, 0.717) is 0 Å². The van der Waals surface area contributed by atoms with Gasteiger partial charge in [0.1, 0.15) is 16.8 Å². The minimum absolute atomic E-state index is 0.0553. The van der Waals surface area contributed by atoms with Crippen LogP contribution in [0.2, 0.25) is 0 Å². The molecule has 4 N–H and O–H groups in total. The number of hydrogen-bond acceptors (Lipinski definition) is 6. The quantitative estimate of drug-likeness (QED) is 0.576. The summed E-state index contributed by atoms with van der Waals surface area (Å²) in [6.07, 6.45) is 2.49. The molecule has 1 aromatic heterocycles. The van der Waals surface area contributed by atoms with E-state index in [4.69, 9.17) is 11.1 Å². The summed E-state index contributed by atoms with van der Waals surface area (Å²) in [6, 6.07) is 6.32. The second-order valence-electron chi connectivity index (χ2n) is 3.93. The van der Waals surface area contributed by atoms with Crippen LogP contribution in [0.4, 0.5) is 15.8 Å². The lowest BCUT2D eigenvalue weighted by molar-refractivity contribution is 0.600. The SMILES string of the molecule is N#Cc1cc(NS(=O)(=O)c2cnccc2NN)ccc1F. The first-order valence-corrected chi connectivity index (χ1v) is 7.09. The first-order valence-electron chi connectivity index (χ1n) is 5.61. The van der Waals surface area contributed by atoms with Crippen molar-refractivity contribution in [1.82, 2.24) is 4.98 Å². The molecular weight excluding hydrogens is 297 g/mol. The highest BCUT2D eigenvalue weighted by atomic mass is 32.2. The van der Waals surface area contributed by atoms with Gasteiger partial charge in [0.2, 0.25) is 0 Å². The molecule has 0 fully saturated rings. The Kier molecular flexibility index (Phi) is 4.02. The molecular formula is C12H10FN5O2S. The van der Waals surface area contributed by atoms with E-state index in [2.05, 4.69) is 15.1 Å². The van der Waals surface area contributed by atoms with Crippen LogP contribution in [0.3, 0.4) is 0 Å². The van der Waals surface area contributed by atoms with Gasteiger partial charge in [-0.1, -0.05) is 0 Å². The van der Waals surface area contributed by atoms with Crippen molar-refractivity contribution in [1.29, 1.82) is 5.26 Å².